The number of likely N-dealkylation sites (tertiary alicyclic amines) is 1. The molecule has 0 spiro atoms. The summed E-state index contributed by atoms with van der Waals surface area (Å²) in [5.41, 5.74) is 3.17. The fraction of sp³-hybridized carbons (Fsp3) is 0.389. The summed E-state index contributed by atoms with van der Waals surface area (Å²) >= 11 is 0. The molecule has 1 amide bonds. The first-order valence-corrected chi connectivity index (χ1v) is 8.20. The number of amides is 1. The van der Waals surface area contributed by atoms with E-state index in [1.54, 1.807) is 6.20 Å². The van der Waals surface area contributed by atoms with Gasteiger partial charge in [-0.1, -0.05) is 6.07 Å². The van der Waals surface area contributed by atoms with Crippen molar-refractivity contribution in [3.8, 4) is 0 Å². The summed E-state index contributed by atoms with van der Waals surface area (Å²) < 4.78 is 0. The number of carbonyl (C=O) groups is 1. The summed E-state index contributed by atoms with van der Waals surface area (Å²) in [5, 5.41) is 0. The van der Waals surface area contributed by atoms with Crippen LogP contribution in [0.1, 0.15) is 52.5 Å². The van der Waals surface area contributed by atoms with Crippen LogP contribution in [0.2, 0.25) is 0 Å². The van der Waals surface area contributed by atoms with Crippen molar-refractivity contribution < 1.29 is 4.79 Å². The van der Waals surface area contributed by atoms with E-state index < -0.39 is 0 Å². The molecular formula is C18H19N3O2. The van der Waals surface area contributed by atoms with Crippen molar-refractivity contribution in [2.45, 2.75) is 38.1 Å². The lowest BCUT2D eigenvalue weighted by Crippen LogP contribution is -2.34. The fourth-order valence-electron chi connectivity index (χ4n) is 3.76. The zero-order chi connectivity index (χ0) is 15.8. The Hall–Kier alpha value is -2.43. The van der Waals surface area contributed by atoms with Gasteiger partial charge in [0.2, 0.25) is 0 Å². The van der Waals surface area contributed by atoms with Gasteiger partial charge in [0.05, 0.1) is 6.04 Å². The maximum atomic E-state index is 12.9. The highest BCUT2D eigenvalue weighted by molar-refractivity contribution is 5.94. The van der Waals surface area contributed by atoms with Gasteiger partial charge in [-0.15, -0.1) is 0 Å². The molecule has 0 unspecified atom stereocenters. The first-order chi connectivity index (χ1) is 11.2. The summed E-state index contributed by atoms with van der Waals surface area (Å²) in [4.78, 5) is 34.1. The number of aromatic amines is 1. The molecule has 1 saturated heterocycles. The number of pyridine rings is 2. The molecule has 2 aromatic heterocycles. The molecular weight excluding hydrogens is 290 g/mol. The normalized spacial score (nSPS) is 19.8. The third kappa shape index (κ3) is 2.46. The maximum Gasteiger partial charge on any atom is 0.261 e. The Morgan fingerprint density at radius 1 is 1.30 bits per heavy atom. The highest BCUT2D eigenvalue weighted by Gasteiger charge is 2.32. The summed E-state index contributed by atoms with van der Waals surface area (Å²) in [6.07, 6.45) is 8.30. The molecule has 1 atom stereocenters. The minimum Gasteiger partial charge on any atom is -0.331 e. The van der Waals surface area contributed by atoms with E-state index in [-0.39, 0.29) is 23.1 Å². The number of H-pyrrole nitrogens is 1. The van der Waals surface area contributed by atoms with Gasteiger partial charge in [0, 0.05) is 24.6 Å². The highest BCUT2D eigenvalue weighted by atomic mass is 16.2. The van der Waals surface area contributed by atoms with E-state index in [0.717, 1.165) is 48.9 Å². The van der Waals surface area contributed by atoms with Gasteiger partial charge in [-0.3, -0.25) is 14.6 Å². The topological polar surface area (TPSA) is 66.1 Å². The number of fused-ring (bicyclic) bond motifs is 1. The van der Waals surface area contributed by atoms with E-state index in [1.165, 1.54) is 0 Å². The van der Waals surface area contributed by atoms with Crippen LogP contribution in [0.15, 0.2) is 35.4 Å². The Bertz CT molecular complexity index is 798. The van der Waals surface area contributed by atoms with Gasteiger partial charge in [0.1, 0.15) is 5.56 Å². The smallest absolute Gasteiger partial charge is 0.261 e. The van der Waals surface area contributed by atoms with Crippen LogP contribution < -0.4 is 5.56 Å². The fourth-order valence-corrected chi connectivity index (χ4v) is 3.76. The molecule has 0 radical (unpaired) electrons. The molecule has 2 aliphatic rings. The Kier molecular flexibility index (Phi) is 3.48. The number of nitrogens with one attached hydrogen (secondary N) is 1. The molecule has 0 aromatic carbocycles. The number of aryl methyl sites for hydroxylation is 2. The lowest BCUT2D eigenvalue weighted by Gasteiger charge is -2.24. The molecule has 0 saturated carbocycles. The van der Waals surface area contributed by atoms with E-state index in [2.05, 4.69) is 9.97 Å². The highest BCUT2D eigenvalue weighted by Crippen LogP contribution is 2.32. The van der Waals surface area contributed by atoms with Gasteiger partial charge < -0.3 is 9.88 Å². The molecule has 5 nitrogen and oxygen atoms in total. The molecule has 1 aliphatic carbocycles. The van der Waals surface area contributed by atoms with Crippen LogP contribution in [-0.4, -0.2) is 27.3 Å². The van der Waals surface area contributed by atoms with Gasteiger partial charge >= 0.3 is 0 Å². The zero-order valence-electron chi connectivity index (χ0n) is 12.9. The van der Waals surface area contributed by atoms with Gasteiger partial charge in [-0.25, -0.2) is 0 Å². The zero-order valence-corrected chi connectivity index (χ0v) is 12.9. The summed E-state index contributed by atoms with van der Waals surface area (Å²) in [6, 6.07) is 5.71. The van der Waals surface area contributed by atoms with Gasteiger partial charge in [-0.2, -0.15) is 0 Å². The lowest BCUT2D eigenvalue weighted by molar-refractivity contribution is 0.0733. The van der Waals surface area contributed by atoms with Crippen LogP contribution in [-0.2, 0) is 12.8 Å². The molecule has 0 bridgehead atoms. The predicted molar refractivity (Wildman–Crippen MR) is 86.3 cm³/mol. The molecule has 118 valence electrons. The molecule has 3 heterocycles. The van der Waals surface area contributed by atoms with Crippen molar-refractivity contribution in [3.63, 3.8) is 0 Å². The average molecular weight is 309 g/mol. The second-order valence-electron chi connectivity index (χ2n) is 6.31. The van der Waals surface area contributed by atoms with Crippen molar-refractivity contribution in [1.29, 1.82) is 0 Å². The van der Waals surface area contributed by atoms with Gasteiger partial charge in [-0.05, 0) is 55.4 Å². The van der Waals surface area contributed by atoms with Crippen molar-refractivity contribution in [1.82, 2.24) is 14.9 Å². The Morgan fingerprint density at radius 2 is 2.22 bits per heavy atom. The van der Waals surface area contributed by atoms with Crippen molar-refractivity contribution in [3.05, 3.63) is 63.3 Å². The van der Waals surface area contributed by atoms with Crippen LogP contribution in [0, 0.1) is 0 Å². The van der Waals surface area contributed by atoms with Crippen LogP contribution in [0.5, 0.6) is 0 Å². The third-order valence-corrected chi connectivity index (χ3v) is 4.90. The van der Waals surface area contributed by atoms with E-state index in [0.29, 0.717) is 6.54 Å². The second kappa shape index (κ2) is 5.65. The molecule has 1 aliphatic heterocycles. The monoisotopic (exact) mass is 309 g/mol. The van der Waals surface area contributed by atoms with E-state index in [1.807, 2.05) is 29.3 Å². The van der Waals surface area contributed by atoms with Gasteiger partial charge in [0.15, 0.2) is 0 Å². The summed E-state index contributed by atoms with van der Waals surface area (Å²) in [7, 11) is 0. The first-order valence-electron chi connectivity index (χ1n) is 8.20. The van der Waals surface area contributed by atoms with Crippen LogP contribution >= 0.6 is 0 Å². The molecule has 23 heavy (non-hydrogen) atoms. The van der Waals surface area contributed by atoms with Crippen molar-refractivity contribution in [2.75, 3.05) is 6.54 Å². The molecule has 1 fully saturated rings. The lowest BCUT2D eigenvalue weighted by atomic mass is 10.1. The first kappa shape index (κ1) is 14.2. The Balaban J connectivity index is 1.68. The number of hydrogen-bond acceptors (Lipinski definition) is 3. The minimum atomic E-state index is -0.257. The SMILES string of the molecule is O=C(c1cc2c([nH]c1=O)CCC2)N1CCC[C@H]1c1cccnc1. The average Bonchev–Trinajstić information content (AvgIpc) is 3.23. The quantitative estimate of drug-likeness (QED) is 0.925. The number of hydrogen-bond donors (Lipinski definition) is 1. The van der Waals surface area contributed by atoms with Crippen LogP contribution in [0.3, 0.4) is 0 Å². The summed E-state index contributed by atoms with van der Waals surface area (Å²) in [5.74, 6) is -0.160. The number of carbonyl (C=O) groups excluding carboxylic acids is 1. The number of aromatic nitrogens is 2. The maximum absolute atomic E-state index is 12.9. The molecule has 2 aromatic rings. The van der Waals surface area contributed by atoms with Crippen molar-refractivity contribution >= 4 is 5.91 Å². The second-order valence-corrected chi connectivity index (χ2v) is 6.31. The number of rotatable bonds is 2. The molecule has 4 rings (SSSR count). The van der Waals surface area contributed by atoms with E-state index >= 15 is 0 Å². The third-order valence-electron chi connectivity index (χ3n) is 4.90. The molecule has 5 heteroatoms. The Morgan fingerprint density at radius 3 is 3.04 bits per heavy atom. The predicted octanol–water partition coefficient (Wildman–Crippen LogP) is 2.24. The van der Waals surface area contributed by atoms with Crippen molar-refractivity contribution in [2.24, 2.45) is 0 Å². The van der Waals surface area contributed by atoms with Crippen LogP contribution in [0.25, 0.3) is 0 Å². The number of nitrogens with zero attached hydrogens (tertiary/aromatic N) is 2. The van der Waals surface area contributed by atoms with E-state index in [9.17, 15) is 9.59 Å². The minimum absolute atomic E-state index is 0.0175. The van der Waals surface area contributed by atoms with E-state index in [4.69, 9.17) is 0 Å². The Labute approximate surface area is 134 Å². The largest absolute Gasteiger partial charge is 0.331 e. The molecule has 1 N–H and O–H groups in total. The summed E-state index contributed by atoms with van der Waals surface area (Å²) in [6.45, 7) is 0.689. The van der Waals surface area contributed by atoms with Crippen LogP contribution in [0.4, 0.5) is 0 Å². The standard InChI is InChI=1S/C18H19N3O2/c22-17-14(10-12-4-1-6-15(12)20-17)18(23)21-9-3-7-16(21)13-5-2-8-19-11-13/h2,5,8,10-11,16H,1,3-4,6-7,9H2,(H,20,22)/t16-/m0/s1. The van der Waals surface area contributed by atoms with Gasteiger partial charge in [0.25, 0.3) is 11.5 Å².